The zero-order valence-electron chi connectivity index (χ0n) is 17.8. The Morgan fingerprint density at radius 3 is 2.67 bits per heavy atom. The lowest BCUT2D eigenvalue weighted by molar-refractivity contribution is -0.142. The van der Waals surface area contributed by atoms with Crippen LogP contribution in [0.1, 0.15) is 57.9 Å². The summed E-state index contributed by atoms with van der Waals surface area (Å²) in [5.41, 5.74) is 3.32. The summed E-state index contributed by atoms with van der Waals surface area (Å²) in [5.74, 6) is -0.759. The van der Waals surface area contributed by atoms with Gasteiger partial charge in [-0.3, -0.25) is 4.79 Å². The molecule has 2 unspecified atom stereocenters. The van der Waals surface area contributed by atoms with Crippen molar-refractivity contribution >= 4 is 11.8 Å². The molecule has 0 bridgehead atoms. The van der Waals surface area contributed by atoms with Crippen molar-refractivity contribution in [2.75, 3.05) is 13.2 Å². The number of esters is 1. The first-order chi connectivity index (χ1) is 14.2. The zero-order valence-corrected chi connectivity index (χ0v) is 17.8. The molecule has 0 saturated carbocycles. The van der Waals surface area contributed by atoms with Crippen LogP contribution in [0.2, 0.25) is 0 Å². The molecule has 3 aliphatic rings. The quantitative estimate of drug-likeness (QED) is 0.735. The van der Waals surface area contributed by atoms with Crippen LogP contribution in [0.15, 0.2) is 46.8 Å². The van der Waals surface area contributed by atoms with Crippen LogP contribution in [0.25, 0.3) is 0 Å². The molecule has 0 radical (unpaired) electrons. The summed E-state index contributed by atoms with van der Waals surface area (Å²) in [6, 6.07) is 6.70. The van der Waals surface area contributed by atoms with Crippen molar-refractivity contribution in [1.29, 1.82) is 0 Å². The van der Waals surface area contributed by atoms with Crippen LogP contribution in [-0.4, -0.2) is 36.2 Å². The number of hydrogen-bond donors (Lipinski definition) is 2. The van der Waals surface area contributed by atoms with Gasteiger partial charge in [-0.15, -0.1) is 0 Å². The first-order valence-electron chi connectivity index (χ1n) is 10.6. The molecule has 0 amide bonds. The molecule has 1 aliphatic carbocycles. The Morgan fingerprint density at radius 1 is 1.27 bits per heavy atom. The Bertz CT molecular complexity index is 919. The van der Waals surface area contributed by atoms with Crippen LogP contribution < -0.4 is 5.32 Å². The van der Waals surface area contributed by atoms with E-state index in [-0.39, 0.29) is 29.7 Å². The minimum absolute atomic E-state index is 0.0451. The summed E-state index contributed by atoms with van der Waals surface area (Å²) in [4.78, 5) is 26.4. The van der Waals surface area contributed by atoms with Crippen molar-refractivity contribution in [3.63, 3.8) is 0 Å². The third-order valence-electron chi connectivity index (χ3n) is 6.11. The van der Waals surface area contributed by atoms with Crippen molar-refractivity contribution in [1.82, 2.24) is 5.32 Å². The van der Waals surface area contributed by atoms with Gasteiger partial charge in [0.2, 0.25) is 0 Å². The molecule has 30 heavy (non-hydrogen) atoms. The molecule has 6 heteroatoms. The SMILES string of the molecule is CC1=C(C(=O)OCC2CCCO2)C(c2ccc(O)cc2)C2=C(CC(C)(C)CC2=O)N1. The molecule has 160 valence electrons. The van der Waals surface area contributed by atoms with E-state index in [2.05, 4.69) is 19.2 Å². The summed E-state index contributed by atoms with van der Waals surface area (Å²) >= 11 is 0. The number of allylic oxidation sites excluding steroid dienone is 3. The minimum Gasteiger partial charge on any atom is -0.508 e. The summed E-state index contributed by atoms with van der Waals surface area (Å²) in [6.45, 7) is 6.92. The van der Waals surface area contributed by atoms with E-state index in [1.54, 1.807) is 24.3 Å². The number of hydrogen-bond acceptors (Lipinski definition) is 6. The van der Waals surface area contributed by atoms with Crippen molar-refractivity contribution in [3.8, 4) is 5.75 Å². The number of benzene rings is 1. The predicted molar refractivity (Wildman–Crippen MR) is 112 cm³/mol. The lowest BCUT2D eigenvalue weighted by Crippen LogP contribution is -2.39. The highest BCUT2D eigenvalue weighted by Gasteiger charge is 2.43. The van der Waals surface area contributed by atoms with Crippen molar-refractivity contribution in [3.05, 3.63) is 52.4 Å². The molecule has 4 rings (SSSR count). The highest BCUT2D eigenvalue weighted by molar-refractivity contribution is 6.04. The maximum Gasteiger partial charge on any atom is 0.336 e. The summed E-state index contributed by atoms with van der Waals surface area (Å²) in [6.07, 6.45) is 2.96. The topological polar surface area (TPSA) is 84.9 Å². The number of nitrogens with one attached hydrogen (secondary N) is 1. The number of ether oxygens (including phenoxy) is 2. The fourth-order valence-corrected chi connectivity index (χ4v) is 4.73. The maximum atomic E-state index is 13.2. The van der Waals surface area contributed by atoms with E-state index in [1.807, 2.05) is 6.92 Å². The van der Waals surface area contributed by atoms with Crippen molar-refractivity contribution in [2.45, 2.75) is 58.5 Å². The molecule has 6 nitrogen and oxygen atoms in total. The van der Waals surface area contributed by atoms with Crippen LogP contribution in [0.4, 0.5) is 0 Å². The third kappa shape index (κ3) is 4.01. The Hall–Kier alpha value is -2.60. The van der Waals surface area contributed by atoms with Crippen LogP contribution in [0, 0.1) is 5.41 Å². The Labute approximate surface area is 176 Å². The smallest absolute Gasteiger partial charge is 0.336 e. The number of phenolic OH excluding ortho intramolecular Hbond substituents is 1. The molecule has 1 saturated heterocycles. The molecule has 2 atom stereocenters. The van der Waals surface area contributed by atoms with Gasteiger partial charge in [-0.1, -0.05) is 26.0 Å². The lowest BCUT2D eigenvalue weighted by atomic mass is 9.68. The normalized spacial score (nSPS) is 25.8. The predicted octanol–water partition coefficient (Wildman–Crippen LogP) is 3.72. The van der Waals surface area contributed by atoms with Crippen molar-refractivity contribution < 1.29 is 24.2 Å². The van der Waals surface area contributed by atoms with Crippen LogP contribution in [-0.2, 0) is 19.1 Å². The maximum absolute atomic E-state index is 13.2. The average Bonchev–Trinajstić information content (AvgIpc) is 3.18. The van der Waals surface area contributed by atoms with Crippen molar-refractivity contribution in [2.24, 2.45) is 5.41 Å². The number of aromatic hydroxyl groups is 1. The second-order valence-electron chi connectivity index (χ2n) is 9.25. The number of carbonyl (C=O) groups is 2. The van der Waals surface area contributed by atoms with Crippen LogP contribution in [0.5, 0.6) is 5.75 Å². The standard InChI is InChI=1S/C24H29NO5/c1-14-20(23(28)30-13-17-5-4-10-29-17)21(15-6-8-16(26)9-7-15)22-18(25-14)11-24(2,3)12-19(22)27/h6-9,17,21,25-26H,4-5,10-13H2,1-3H3. The fourth-order valence-electron chi connectivity index (χ4n) is 4.73. The number of ketones is 1. The Kier molecular flexibility index (Phi) is 5.45. The van der Waals surface area contributed by atoms with E-state index < -0.39 is 11.9 Å². The van der Waals surface area contributed by atoms with Gasteiger partial charge in [-0.05, 0) is 49.3 Å². The number of dihydropyridines is 1. The van der Waals surface area contributed by atoms with Gasteiger partial charge in [-0.25, -0.2) is 4.79 Å². The molecule has 1 aromatic rings. The first kappa shape index (κ1) is 20.7. The molecule has 2 N–H and O–H groups in total. The first-order valence-corrected chi connectivity index (χ1v) is 10.6. The molecule has 2 heterocycles. The number of rotatable bonds is 4. The van der Waals surface area contributed by atoms with Gasteiger partial charge in [0.1, 0.15) is 12.4 Å². The van der Waals surface area contributed by atoms with Gasteiger partial charge < -0.3 is 19.9 Å². The molecule has 0 spiro atoms. The van der Waals surface area contributed by atoms with Gasteiger partial charge >= 0.3 is 5.97 Å². The van der Waals surface area contributed by atoms with Gasteiger partial charge in [0, 0.05) is 35.9 Å². The fraction of sp³-hybridized carbons (Fsp3) is 0.500. The summed E-state index contributed by atoms with van der Waals surface area (Å²) in [5, 5.41) is 13.1. The molecular formula is C24H29NO5. The van der Waals surface area contributed by atoms with Gasteiger partial charge in [0.25, 0.3) is 0 Å². The molecule has 1 aromatic carbocycles. The molecule has 1 fully saturated rings. The Morgan fingerprint density at radius 2 is 2.00 bits per heavy atom. The van der Waals surface area contributed by atoms with E-state index in [1.165, 1.54) is 0 Å². The van der Waals surface area contributed by atoms with E-state index in [4.69, 9.17) is 9.47 Å². The second kappa shape index (κ2) is 7.91. The Balaban J connectivity index is 1.71. The summed E-state index contributed by atoms with van der Waals surface area (Å²) in [7, 11) is 0. The number of phenols is 1. The van der Waals surface area contributed by atoms with Crippen LogP contribution in [0.3, 0.4) is 0 Å². The van der Waals surface area contributed by atoms with E-state index in [9.17, 15) is 14.7 Å². The number of carbonyl (C=O) groups excluding carboxylic acids is 2. The third-order valence-corrected chi connectivity index (χ3v) is 6.11. The number of Topliss-reactive ketones (excluding diaryl/α,β-unsaturated/α-hetero) is 1. The van der Waals surface area contributed by atoms with Crippen LogP contribution >= 0.6 is 0 Å². The molecule has 0 aromatic heterocycles. The highest BCUT2D eigenvalue weighted by atomic mass is 16.6. The highest BCUT2D eigenvalue weighted by Crippen LogP contribution is 2.46. The van der Waals surface area contributed by atoms with E-state index in [0.29, 0.717) is 29.9 Å². The molecule has 2 aliphatic heterocycles. The van der Waals surface area contributed by atoms with Gasteiger partial charge in [-0.2, -0.15) is 0 Å². The second-order valence-corrected chi connectivity index (χ2v) is 9.25. The van der Waals surface area contributed by atoms with E-state index in [0.717, 1.165) is 30.5 Å². The molecular weight excluding hydrogens is 382 g/mol. The average molecular weight is 411 g/mol. The minimum atomic E-state index is -0.512. The summed E-state index contributed by atoms with van der Waals surface area (Å²) < 4.78 is 11.2. The lowest BCUT2D eigenvalue weighted by Gasteiger charge is -2.39. The van der Waals surface area contributed by atoms with Gasteiger partial charge in [0.15, 0.2) is 5.78 Å². The van der Waals surface area contributed by atoms with Gasteiger partial charge in [0.05, 0.1) is 11.7 Å². The largest absolute Gasteiger partial charge is 0.508 e. The zero-order chi connectivity index (χ0) is 21.5. The monoisotopic (exact) mass is 411 g/mol. The van der Waals surface area contributed by atoms with E-state index >= 15 is 0 Å².